The molecule has 0 saturated carbocycles. The highest BCUT2D eigenvalue weighted by molar-refractivity contribution is 5.80. The molecule has 0 bridgehead atoms. The predicted molar refractivity (Wildman–Crippen MR) is 69.1 cm³/mol. The van der Waals surface area contributed by atoms with Gasteiger partial charge in [0.05, 0.1) is 0 Å². The summed E-state index contributed by atoms with van der Waals surface area (Å²) in [7, 11) is 1.85. The number of nitrogens with zero attached hydrogens (tertiary/aromatic N) is 1. The third-order valence-electron chi connectivity index (χ3n) is 3.48. The summed E-state index contributed by atoms with van der Waals surface area (Å²) in [5.41, 5.74) is 0.911. The zero-order valence-corrected chi connectivity index (χ0v) is 11.2. The number of hydrogen-bond acceptors (Lipinski definition) is 2. The standard InChI is InChI=1S/C14H21NO2/c1-10(2)15(5)14(4,13(16)17)12-8-6-7-11(3)9-12/h6-10H,1-5H3,(H,16,17). The minimum absolute atomic E-state index is 0.164. The van der Waals surface area contributed by atoms with Crippen molar-refractivity contribution in [2.75, 3.05) is 7.05 Å². The van der Waals surface area contributed by atoms with Gasteiger partial charge in [0.1, 0.15) is 5.54 Å². The van der Waals surface area contributed by atoms with Crippen molar-refractivity contribution in [2.45, 2.75) is 39.3 Å². The SMILES string of the molecule is Cc1cccc(C(C)(C(=O)O)N(C)C(C)C)c1. The Morgan fingerprint density at radius 3 is 2.41 bits per heavy atom. The summed E-state index contributed by atoms with van der Waals surface area (Å²) >= 11 is 0. The van der Waals surface area contributed by atoms with E-state index in [1.165, 1.54) is 0 Å². The van der Waals surface area contributed by atoms with Crippen LogP contribution in [0.25, 0.3) is 0 Å². The highest BCUT2D eigenvalue weighted by Crippen LogP contribution is 2.29. The lowest BCUT2D eigenvalue weighted by molar-refractivity contribution is -0.151. The van der Waals surface area contributed by atoms with E-state index >= 15 is 0 Å². The zero-order chi connectivity index (χ0) is 13.2. The van der Waals surface area contributed by atoms with Crippen LogP contribution < -0.4 is 0 Å². The summed E-state index contributed by atoms with van der Waals surface area (Å²) in [6, 6.07) is 7.85. The van der Waals surface area contributed by atoms with Gasteiger partial charge in [-0.05, 0) is 40.3 Å². The van der Waals surface area contributed by atoms with Crippen LogP contribution in [0.1, 0.15) is 31.9 Å². The van der Waals surface area contributed by atoms with E-state index in [1.54, 1.807) is 6.92 Å². The van der Waals surface area contributed by atoms with E-state index in [1.807, 2.05) is 57.0 Å². The Labute approximate surface area is 103 Å². The minimum Gasteiger partial charge on any atom is -0.480 e. The van der Waals surface area contributed by atoms with Gasteiger partial charge < -0.3 is 5.11 Å². The first-order chi connectivity index (χ1) is 7.80. The normalized spacial score (nSPS) is 15.0. The van der Waals surface area contributed by atoms with Crippen molar-refractivity contribution in [1.82, 2.24) is 4.90 Å². The molecule has 3 nitrogen and oxygen atoms in total. The summed E-state index contributed by atoms with van der Waals surface area (Å²) in [5.74, 6) is -0.820. The van der Waals surface area contributed by atoms with E-state index in [-0.39, 0.29) is 6.04 Å². The highest BCUT2D eigenvalue weighted by atomic mass is 16.4. The van der Waals surface area contributed by atoms with Crippen molar-refractivity contribution in [2.24, 2.45) is 0 Å². The molecule has 17 heavy (non-hydrogen) atoms. The summed E-state index contributed by atoms with van der Waals surface area (Å²) in [4.78, 5) is 13.5. The second kappa shape index (κ2) is 4.88. The summed E-state index contributed by atoms with van der Waals surface area (Å²) < 4.78 is 0. The summed E-state index contributed by atoms with van der Waals surface area (Å²) in [5, 5.41) is 9.55. The predicted octanol–water partition coefficient (Wildman–Crippen LogP) is 2.64. The maximum Gasteiger partial charge on any atom is 0.328 e. The van der Waals surface area contributed by atoms with Crippen LogP contribution in [0.2, 0.25) is 0 Å². The number of benzene rings is 1. The molecule has 0 aromatic heterocycles. The van der Waals surface area contributed by atoms with Gasteiger partial charge in [-0.2, -0.15) is 0 Å². The van der Waals surface area contributed by atoms with Crippen molar-refractivity contribution < 1.29 is 9.90 Å². The molecule has 0 amide bonds. The molecule has 0 fully saturated rings. The molecular weight excluding hydrogens is 214 g/mol. The number of carbonyl (C=O) groups is 1. The molecule has 0 radical (unpaired) electrons. The maximum absolute atomic E-state index is 11.6. The van der Waals surface area contributed by atoms with Crippen LogP contribution in [0.3, 0.4) is 0 Å². The molecular formula is C14H21NO2. The zero-order valence-electron chi connectivity index (χ0n) is 11.2. The van der Waals surface area contributed by atoms with Crippen molar-refractivity contribution in [1.29, 1.82) is 0 Å². The fraction of sp³-hybridized carbons (Fsp3) is 0.500. The van der Waals surface area contributed by atoms with E-state index in [0.29, 0.717) is 0 Å². The fourth-order valence-electron chi connectivity index (χ4n) is 1.94. The van der Waals surface area contributed by atoms with E-state index in [9.17, 15) is 9.90 Å². The van der Waals surface area contributed by atoms with Gasteiger partial charge in [0.2, 0.25) is 0 Å². The molecule has 1 aromatic carbocycles. The van der Waals surface area contributed by atoms with E-state index in [0.717, 1.165) is 11.1 Å². The number of rotatable bonds is 4. The molecule has 1 rings (SSSR count). The average Bonchev–Trinajstić information content (AvgIpc) is 2.26. The van der Waals surface area contributed by atoms with Gasteiger partial charge >= 0.3 is 5.97 Å². The van der Waals surface area contributed by atoms with E-state index in [2.05, 4.69) is 0 Å². The van der Waals surface area contributed by atoms with E-state index < -0.39 is 11.5 Å². The first-order valence-corrected chi connectivity index (χ1v) is 5.83. The Morgan fingerprint density at radius 1 is 1.41 bits per heavy atom. The second-order valence-corrected chi connectivity index (χ2v) is 4.95. The number of likely N-dealkylation sites (N-methyl/N-ethyl adjacent to an activating group) is 1. The number of hydrogen-bond donors (Lipinski definition) is 1. The van der Waals surface area contributed by atoms with Gasteiger partial charge in [-0.3, -0.25) is 4.90 Å². The molecule has 1 N–H and O–H groups in total. The number of aliphatic carboxylic acids is 1. The summed E-state index contributed by atoms with van der Waals surface area (Å²) in [6.45, 7) is 7.72. The van der Waals surface area contributed by atoms with Crippen molar-refractivity contribution in [3.63, 3.8) is 0 Å². The van der Waals surface area contributed by atoms with Crippen LogP contribution in [0.5, 0.6) is 0 Å². The number of carboxylic acids is 1. The monoisotopic (exact) mass is 235 g/mol. The molecule has 0 spiro atoms. The average molecular weight is 235 g/mol. The van der Waals surface area contributed by atoms with Crippen LogP contribution in [-0.4, -0.2) is 29.1 Å². The molecule has 1 atom stereocenters. The van der Waals surface area contributed by atoms with Crippen molar-refractivity contribution in [3.05, 3.63) is 35.4 Å². The van der Waals surface area contributed by atoms with Crippen molar-refractivity contribution in [3.8, 4) is 0 Å². The Hall–Kier alpha value is -1.35. The maximum atomic E-state index is 11.6. The molecule has 0 saturated heterocycles. The summed E-state index contributed by atoms with van der Waals surface area (Å²) in [6.07, 6.45) is 0. The quantitative estimate of drug-likeness (QED) is 0.872. The fourth-order valence-corrected chi connectivity index (χ4v) is 1.94. The first kappa shape index (κ1) is 13.7. The number of carboxylic acid groups (broad SMARTS) is 1. The minimum atomic E-state index is -0.986. The molecule has 94 valence electrons. The second-order valence-electron chi connectivity index (χ2n) is 4.95. The van der Waals surface area contributed by atoms with Gasteiger partial charge in [0.15, 0.2) is 0 Å². The molecule has 0 aliphatic heterocycles. The van der Waals surface area contributed by atoms with Crippen LogP contribution in [0.4, 0.5) is 0 Å². The molecule has 0 aliphatic rings. The highest BCUT2D eigenvalue weighted by Gasteiger charge is 2.40. The smallest absolute Gasteiger partial charge is 0.328 e. The molecule has 1 unspecified atom stereocenters. The van der Waals surface area contributed by atoms with Gasteiger partial charge in [0, 0.05) is 6.04 Å². The van der Waals surface area contributed by atoms with Gasteiger partial charge in [-0.15, -0.1) is 0 Å². The molecule has 3 heteroatoms. The molecule has 1 aromatic rings. The lowest BCUT2D eigenvalue weighted by atomic mass is 9.88. The lowest BCUT2D eigenvalue weighted by Gasteiger charge is -2.38. The van der Waals surface area contributed by atoms with Gasteiger partial charge in [-0.25, -0.2) is 4.79 Å². The molecule has 0 aliphatic carbocycles. The largest absolute Gasteiger partial charge is 0.480 e. The van der Waals surface area contributed by atoms with Gasteiger partial charge in [0.25, 0.3) is 0 Å². The van der Waals surface area contributed by atoms with Crippen LogP contribution in [-0.2, 0) is 10.3 Å². The van der Waals surface area contributed by atoms with Gasteiger partial charge in [-0.1, -0.05) is 29.8 Å². The Bertz CT molecular complexity index is 414. The topological polar surface area (TPSA) is 40.5 Å². The third-order valence-corrected chi connectivity index (χ3v) is 3.48. The Kier molecular flexibility index (Phi) is 3.94. The van der Waals surface area contributed by atoms with Crippen LogP contribution in [0.15, 0.2) is 24.3 Å². The molecule has 0 heterocycles. The van der Waals surface area contributed by atoms with Crippen LogP contribution in [0, 0.1) is 6.92 Å². The Balaban J connectivity index is 3.30. The van der Waals surface area contributed by atoms with E-state index in [4.69, 9.17) is 0 Å². The lowest BCUT2D eigenvalue weighted by Crippen LogP contribution is -2.50. The number of aryl methyl sites for hydroxylation is 1. The van der Waals surface area contributed by atoms with Crippen LogP contribution >= 0.6 is 0 Å². The first-order valence-electron chi connectivity index (χ1n) is 5.83. The Morgan fingerprint density at radius 2 is 2.00 bits per heavy atom. The third kappa shape index (κ3) is 2.50. The van der Waals surface area contributed by atoms with Crippen molar-refractivity contribution >= 4 is 5.97 Å².